The highest BCUT2D eigenvalue weighted by Gasteiger charge is 2.26. The van der Waals surface area contributed by atoms with Crippen LogP contribution in [0.4, 0.5) is 5.82 Å². The third-order valence-electron chi connectivity index (χ3n) is 7.11. The summed E-state index contributed by atoms with van der Waals surface area (Å²) in [7, 11) is 2.00. The van der Waals surface area contributed by atoms with Crippen molar-refractivity contribution >= 4 is 16.9 Å². The van der Waals surface area contributed by atoms with Gasteiger partial charge in [0.15, 0.2) is 0 Å². The Balaban J connectivity index is 1.45. The van der Waals surface area contributed by atoms with E-state index in [1.807, 2.05) is 62.6 Å². The lowest BCUT2D eigenvalue weighted by molar-refractivity contribution is 0.338. The number of nitrogens with two attached hydrogens (primary N) is 1. The maximum absolute atomic E-state index is 7.90. The first-order valence-corrected chi connectivity index (χ1v) is 12.5. The summed E-state index contributed by atoms with van der Waals surface area (Å²) >= 11 is 0. The van der Waals surface area contributed by atoms with Gasteiger partial charge in [0.2, 0.25) is 5.88 Å². The lowest BCUT2D eigenvalue weighted by atomic mass is 9.99. The van der Waals surface area contributed by atoms with Crippen LogP contribution in [-0.2, 0) is 7.05 Å². The number of nitrogen functional groups attached to an aromatic ring is 1. The third kappa shape index (κ3) is 4.11. The predicted octanol–water partition coefficient (Wildman–Crippen LogP) is 4.81. The van der Waals surface area contributed by atoms with Crippen molar-refractivity contribution < 1.29 is 6.15 Å². The molecule has 1 aromatic carbocycles. The lowest BCUT2D eigenvalue weighted by Crippen LogP contribution is -2.30. The number of nitrogens with zero attached hydrogens (tertiary/aromatic N) is 6. The van der Waals surface area contributed by atoms with E-state index in [0.717, 1.165) is 70.7 Å². The van der Waals surface area contributed by atoms with Gasteiger partial charge in [-0.1, -0.05) is 18.2 Å². The van der Waals surface area contributed by atoms with E-state index in [0.29, 0.717) is 17.4 Å². The number of hydrogen-bond acceptors (Lipinski definition) is 7. The van der Waals surface area contributed by atoms with Crippen LogP contribution in [0.3, 0.4) is 0 Å². The van der Waals surface area contributed by atoms with Gasteiger partial charge in [0.05, 0.1) is 23.3 Å². The number of ether oxygens (including phenoxy) is 1. The molecule has 0 atom stereocenters. The zero-order valence-corrected chi connectivity index (χ0v) is 21.2. The van der Waals surface area contributed by atoms with E-state index in [9.17, 15) is 0 Å². The van der Waals surface area contributed by atoms with Crippen LogP contribution in [0.25, 0.3) is 33.4 Å². The summed E-state index contributed by atoms with van der Waals surface area (Å²) in [4.78, 5) is 13.3. The Morgan fingerprint density at radius 1 is 1.08 bits per heavy atom. The SMILES string of the molecule is [2H]N1CCC(n2ncc(-c3c(-c4ccc(Oc5cccc(C)n5)cc4)c4c(N)ncnc4n3C)c2C)CC1. The Labute approximate surface area is 216 Å². The summed E-state index contributed by atoms with van der Waals surface area (Å²) in [6, 6.07) is 13.9. The minimum atomic E-state index is 0.278. The van der Waals surface area contributed by atoms with Crippen molar-refractivity contribution in [3.63, 3.8) is 0 Å². The molecule has 6 rings (SSSR count). The van der Waals surface area contributed by atoms with Gasteiger partial charge in [-0.25, -0.2) is 15.0 Å². The van der Waals surface area contributed by atoms with Gasteiger partial charge in [-0.05, 0) is 63.5 Å². The molecular weight excluding hydrogens is 464 g/mol. The van der Waals surface area contributed by atoms with Crippen LogP contribution in [-0.4, -0.2) is 42.4 Å². The Morgan fingerprint density at radius 2 is 1.86 bits per heavy atom. The number of rotatable bonds is 5. The number of hydrogen-bond donors (Lipinski definition) is 2. The molecule has 0 bridgehead atoms. The topological polar surface area (TPSA) is 109 Å². The number of aromatic nitrogens is 6. The van der Waals surface area contributed by atoms with Crippen molar-refractivity contribution in [3.8, 4) is 34.0 Å². The second-order valence-electron chi connectivity index (χ2n) is 9.47. The second-order valence-corrected chi connectivity index (χ2v) is 9.47. The fourth-order valence-corrected chi connectivity index (χ4v) is 5.26. The highest BCUT2D eigenvalue weighted by Crippen LogP contribution is 2.43. The highest BCUT2D eigenvalue weighted by molar-refractivity contribution is 6.07. The van der Waals surface area contributed by atoms with Crippen LogP contribution >= 0.6 is 0 Å². The van der Waals surface area contributed by atoms with E-state index < -0.39 is 0 Å². The molecule has 37 heavy (non-hydrogen) atoms. The largest absolute Gasteiger partial charge is 0.439 e. The van der Waals surface area contributed by atoms with Crippen LogP contribution in [0.15, 0.2) is 55.0 Å². The summed E-state index contributed by atoms with van der Waals surface area (Å²) in [5, 5.41) is 7.25. The molecule has 0 unspecified atom stereocenters. The molecule has 0 aliphatic carbocycles. The number of fused-ring (bicyclic) bond motifs is 1. The number of pyridine rings is 1. The van der Waals surface area contributed by atoms with E-state index in [1.165, 1.54) is 6.33 Å². The zero-order chi connectivity index (χ0) is 26.4. The molecular formula is C28H30N8O. The highest BCUT2D eigenvalue weighted by atomic mass is 16.5. The number of aryl methyl sites for hydroxylation is 2. The maximum atomic E-state index is 7.90. The van der Waals surface area contributed by atoms with Crippen LogP contribution < -0.4 is 15.8 Å². The van der Waals surface area contributed by atoms with Crippen LogP contribution in [0.2, 0.25) is 1.41 Å². The van der Waals surface area contributed by atoms with Crippen LogP contribution in [0.5, 0.6) is 11.6 Å². The second kappa shape index (κ2) is 9.33. The van der Waals surface area contributed by atoms with Crippen molar-refractivity contribution in [1.29, 1.82) is 0 Å². The molecule has 4 aromatic heterocycles. The molecule has 1 fully saturated rings. The van der Waals surface area contributed by atoms with E-state index in [2.05, 4.69) is 31.1 Å². The molecule has 0 radical (unpaired) electrons. The van der Waals surface area contributed by atoms with E-state index in [-0.39, 0.29) is 6.04 Å². The molecule has 5 heterocycles. The molecule has 0 amide bonds. The summed E-state index contributed by atoms with van der Waals surface area (Å²) in [5.41, 5.74) is 13.1. The van der Waals surface area contributed by atoms with Crippen LogP contribution in [0, 0.1) is 13.8 Å². The van der Waals surface area contributed by atoms with Gasteiger partial charge in [0.1, 0.15) is 25.0 Å². The fraction of sp³-hybridized carbons (Fsp3) is 0.286. The smallest absolute Gasteiger partial charge is 0.219 e. The zero-order valence-electron chi connectivity index (χ0n) is 22.2. The average Bonchev–Trinajstić information content (AvgIpc) is 3.43. The first-order valence-electron chi connectivity index (χ1n) is 12.9. The molecule has 0 spiro atoms. The summed E-state index contributed by atoms with van der Waals surface area (Å²) in [5.74, 6) is 1.69. The van der Waals surface area contributed by atoms with Gasteiger partial charge in [-0.2, -0.15) is 5.10 Å². The van der Waals surface area contributed by atoms with E-state index in [4.69, 9.17) is 17.0 Å². The van der Waals surface area contributed by atoms with Gasteiger partial charge >= 0.3 is 0 Å². The molecule has 0 saturated carbocycles. The normalized spacial score (nSPS) is 15.3. The summed E-state index contributed by atoms with van der Waals surface area (Å²) in [6.07, 6.45) is 5.25. The minimum absolute atomic E-state index is 0.278. The molecule has 3 N–H and O–H groups in total. The molecule has 5 aromatic rings. The average molecular weight is 496 g/mol. The number of nitrogens with one attached hydrogen (secondary N) is 1. The van der Waals surface area contributed by atoms with Gasteiger partial charge in [-0.3, -0.25) is 4.68 Å². The third-order valence-corrected chi connectivity index (χ3v) is 7.11. The van der Waals surface area contributed by atoms with Crippen molar-refractivity contribution in [3.05, 3.63) is 66.4 Å². The maximum Gasteiger partial charge on any atom is 0.219 e. The Morgan fingerprint density at radius 3 is 2.62 bits per heavy atom. The Kier molecular flexibility index (Phi) is 5.55. The molecule has 1 saturated heterocycles. The quantitative estimate of drug-likeness (QED) is 0.360. The minimum Gasteiger partial charge on any atom is -0.439 e. The van der Waals surface area contributed by atoms with Gasteiger partial charge in [0, 0.05) is 35.6 Å². The predicted molar refractivity (Wildman–Crippen MR) is 145 cm³/mol. The standard InChI is InChI=1S/C28H30N8O/c1-17-5-4-6-23(34-17)37-21-9-7-19(8-10-21)24-25-27(29)31-16-32-28(25)35(3)26(24)22-15-33-36(18(22)2)20-11-13-30-14-12-20/h4-10,15-16,20,30H,11-14H2,1-3H3,(H2,29,31,32)/i/hD. The summed E-state index contributed by atoms with van der Waals surface area (Å²) in [6.45, 7) is 5.54. The Hall–Kier alpha value is -4.24. The molecule has 9 nitrogen and oxygen atoms in total. The molecule has 188 valence electrons. The summed E-state index contributed by atoms with van der Waals surface area (Å²) < 4.78 is 18.1. The molecule has 1 aliphatic heterocycles. The van der Waals surface area contributed by atoms with Crippen LogP contribution in [0.1, 0.15) is 30.3 Å². The van der Waals surface area contributed by atoms with E-state index in [1.54, 1.807) is 5.31 Å². The molecule has 1 aliphatic rings. The number of piperidine rings is 1. The van der Waals surface area contributed by atoms with Gasteiger partial charge in [-0.15, -0.1) is 0 Å². The Bertz CT molecular complexity index is 1620. The van der Waals surface area contributed by atoms with Crippen molar-refractivity contribution in [1.82, 2.24) is 34.6 Å². The fourth-order valence-electron chi connectivity index (χ4n) is 5.26. The van der Waals surface area contributed by atoms with Crippen molar-refractivity contribution in [2.75, 3.05) is 18.8 Å². The first-order chi connectivity index (χ1) is 18.4. The molecule has 9 heteroatoms. The first kappa shape index (κ1) is 22.0. The monoisotopic (exact) mass is 495 g/mol. The lowest BCUT2D eigenvalue weighted by Gasteiger charge is -2.24. The van der Waals surface area contributed by atoms with Crippen molar-refractivity contribution in [2.24, 2.45) is 7.05 Å². The number of anilines is 1. The number of benzene rings is 1. The van der Waals surface area contributed by atoms with Gasteiger partial charge < -0.3 is 20.3 Å². The van der Waals surface area contributed by atoms with Crippen molar-refractivity contribution in [2.45, 2.75) is 32.7 Å². The van der Waals surface area contributed by atoms with Gasteiger partial charge in [0.25, 0.3) is 0 Å². The van der Waals surface area contributed by atoms with E-state index >= 15 is 0 Å².